The second-order valence-electron chi connectivity index (χ2n) is 6.87. The molecule has 0 saturated carbocycles. The van der Waals surface area contributed by atoms with E-state index in [-0.39, 0.29) is 4.90 Å². The van der Waals surface area contributed by atoms with Crippen molar-refractivity contribution < 1.29 is 12.8 Å². The molecule has 4 rings (SSSR count). The first-order valence-electron chi connectivity index (χ1n) is 9.25. The molecule has 3 aromatic rings. The monoisotopic (exact) mass is 400 g/mol. The van der Waals surface area contributed by atoms with E-state index in [1.807, 2.05) is 30.3 Å². The first-order chi connectivity index (χ1) is 13.5. The molecule has 1 saturated heterocycles. The molecule has 2 aromatic carbocycles. The van der Waals surface area contributed by atoms with Gasteiger partial charge in [-0.1, -0.05) is 36.8 Å². The highest BCUT2D eigenvalue weighted by Gasteiger charge is 2.36. The summed E-state index contributed by atoms with van der Waals surface area (Å²) in [5, 5.41) is 4.54. The van der Waals surface area contributed by atoms with Crippen molar-refractivity contribution >= 4 is 10.0 Å². The molecular formula is C20H21FN4O2S. The van der Waals surface area contributed by atoms with Crippen molar-refractivity contribution in [2.45, 2.75) is 36.7 Å². The van der Waals surface area contributed by atoms with E-state index in [2.05, 4.69) is 10.1 Å². The van der Waals surface area contributed by atoms with Crippen molar-refractivity contribution in [3.63, 3.8) is 0 Å². The largest absolute Gasteiger partial charge is 0.248 e. The SMILES string of the molecule is O=S(=O)(c1ccc(F)cc1)N1CCCC[C@H]1c1ncn(Cc2ccccc2)n1. The molecule has 6 nitrogen and oxygen atoms in total. The number of halogens is 1. The van der Waals surface area contributed by atoms with Crippen LogP contribution in [0.25, 0.3) is 0 Å². The molecule has 146 valence electrons. The van der Waals surface area contributed by atoms with Crippen LogP contribution >= 0.6 is 0 Å². The lowest BCUT2D eigenvalue weighted by atomic mass is 10.0. The number of piperidine rings is 1. The third-order valence-corrected chi connectivity index (χ3v) is 6.84. The van der Waals surface area contributed by atoms with Crippen molar-refractivity contribution in [2.24, 2.45) is 0 Å². The summed E-state index contributed by atoms with van der Waals surface area (Å²) in [5.74, 6) is 0.0387. The quantitative estimate of drug-likeness (QED) is 0.658. The van der Waals surface area contributed by atoms with E-state index in [0.29, 0.717) is 25.3 Å². The Labute approximate surface area is 163 Å². The number of sulfonamides is 1. The Morgan fingerprint density at radius 1 is 1.04 bits per heavy atom. The molecule has 0 bridgehead atoms. The number of nitrogens with zero attached hydrogens (tertiary/aromatic N) is 4. The van der Waals surface area contributed by atoms with Gasteiger partial charge in [0.2, 0.25) is 10.0 Å². The van der Waals surface area contributed by atoms with Crippen LogP contribution in [0.2, 0.25) is 0 Å². The first-order valence-corrected chi connectivity index (χ1v) is 10.7. The first kappa shape index (κ1) is 18.8. The van der Waals surface area contributed by atoms with Gasteiger partial charge in [-0.05, 0) is 42.7 Å². The highest BCUT2D eigenvalue weighted by atomic mass is 32.2. The van der Waals surface area contributed by atoms with E-state index in [9.17, 15) is 12.8 Å². The van der Waals surface area contributed by atoms with Crippen LogP contribution in [0, 0.1) is 5.82 Å². The van der Waals surface area contributed by atoms with Crippen LogP contribution in [0.3, 0.4) is 0 Å². The summed E-state index contributed by atoms with van der Waals surface area (Å²) >= 11 is 0. The van der Waals surface area contributed by atoms with Gasteiger partial charge in [0.15, 0.2) is 5.82 Å². The van der Waals surface area contributed by atoms with Crippen LogP contribution in [0.15, 0.2) is 65.8 Å². The van der Waals surface area contributed by atoms with Gasteiger partial charge in [-0.2, -0.15) is 9.40 Å². The lowest BCUT2D eigenvalue weighted by molar-refractivity contribution is 0.246. The lowest BCUT2D eigenvalue weighted by Gasteiger charge is -2.32. The van der Waals surface area contributed by atoms with Gasteiger partial charge in [-0.3, -0.25) is 0 Å². The lowest BCUT2D eigenvalue weighted by Crippen LogP contribution is -2.39. The number of aromatic nitrogens is 3. The summed E-state index contributed by atoms with van der Waals surface area (Å²) in [6.45, 7) is 0.975. The Kier molecular flexibility index (Phi) is 5.23. The zero-order chi connectivity index (χ0) is 19.6. The van der Waals surface area contributed by atoms with E-state index in [1.54, 1.807) is 11.0 Å². The second kappa shape index (κ2) is 7.81. The maximum atomic E-state index is 13.2. The smallest absolute Gasteiger partial charge is 0.243 e. The number of benzene rings is 2. The van der Waals surface area contributed by atoms with Crippen LogP contribution in [-0.2, 0) is 16.6 Å². The zero-order valence-electron chi connectivity index (χ0n) is 15.3. The summed E-state index contributed by atoms with van der Waals surface area (Å²) in [6.07, 6.45) is 3.99. The summed E-state index contributed by atoms with van der Waals surface area (Å²) in [5.41, 5.74) is 1.10. The fourth-order valence-electron chi connectivity index (χ4n) is 3.50. The molecule has 0 N–H and O–H groups in total. The Morgan fingerprint density at radius 3 is 2.54 bits per heavy atom. The van der Waals surface area contributed by atoms with Crippen LogP contribution in [-0.4, -0.2) is 34.0 Å². The minimum Gasteiger partial charge on any atom is -0.248 e. The van der Waals surface area contributed by atoms with Crippen LogP contribution in [0.5, 0.6) is 0 Å². The number of rotatable bonds is 5. The maximum Gasteiger partial charge on any atom is 0.243 e. The number of hydrogen-bond acceptors (Lipinski definition) is 4. The summed E-state index contributed by atoms with van der Waals surface area (Å²) in [7, 11) is -3.75. The molecule has 1 fully saturated rings. The van der Waals surface area contributed by atoms with Gasteiger partial charge in [0.1, 0.15) is 12.1 Å². The fraction of sp³-hybridized carbons (Fsp3) is 0.300. The van der Waals surface area contributed by atoms with Crippen LogP contribution < -0.4 is 0 Å². The minimum absolute atomic E-state index is 0.0875. The van der Waals surface area contributed by atoms with Crippen LogP contribution in [0.4, 0.5) is 4.39 Å². The van der Waals surface area contributed by atoms with Gasteiger partial charge in [-0.15, -0.1) is 0 Å². The summed E-state index contributed by atoms with van der Waals surface area (Å²) in [4.78, 5) is 4.48. The van der Waals surface area contributed by atoms with Crippen molar-refractivity contribution in [1.29, 1.82) is 0 Å². The molecule has 1 aromatic heterocycles. The van der Waals surface area contributed by atoms with Crippen molar-refractivity contribution in [3.05, 3.63) is 78.1 Å². The molecule has 0 radical (unpaired) electrons. The molecule has 8 heteroatoms. The van der Waals surface area contributed by atoms with E-state index >= 15 is 0 Å². The van der Waals surface area contributed by atoms with E-state index in [0.717, 1.165) is 18.4 Å². The van der Waals surface area contributed by atoms with Crippen molar-refractivity contribution in [2.75, 3.05) is 6.54 Å². The molecule has 1 atom stereocenters. The van der Waals surface area contributed by atoms with Crippen LogP contribution in [0.1, 0.15) is 36.7 Å². The standard InChI is InChI=1S/C20H21FN4O2S/c21-17-9-11-18(12-10-17)28(26,27)25-13-5-4-8-19(25)20-22-15-24(23-20)14-16-6-2-1-3-7-16/h1-3,6-7,9-12,15,19H,4-5,8,13-14H2/t19-/m0/s1. The summed E-state index contributed by atoms with van der Waals surface area (Å²) < 4.78 is 42.6. The normalized spacial score (nSPS) is 18.2. The molecule has 1 aliphatic heterocycles. The highest BCUT2D eigenvalue weighted by Crippen LogP contribution is 2.33. The molecule has 0 spiro atoms. The minimum atomic E-state index is -3.75. The predicted molar refractivity (Wildman–Crippen MR) is 102 cm³/mol. The second-order valence-corrected chi connectivity index (χ2v) is 8.76. The van der Waals surface area contributed by atoms with Gasteiger partial charge in [0.05, 0.1) is 17.5 Å². The maximum absolute atomic E-state index is 13.2. The molecule has 2 heterocycles. The van der Waals surface area contributed by atoms with Crippen molar-refractivity contribution in [1.82, 2.24) is 19.1 Å². The van der Waals surface area contributed by atoms with Gasteiger partial charge in [-0.25, -0.2) is 22.5 Å². The van der Waals surface area contributed by atoms with Gasteiger partial charge >= 0.3 is 0 Å². The molecule has 0 aliphatic carbocycles. The van der Waals surface area contributed by atoms with Gasteiger partial charge in [0, 0.05) is 6.54 Å². The van der Waals surface area contributed by atoms with Gasteiger partial charge in [0.25, 0.3) is 0 Å². The summed E-state index contributed by atoms with van der Waals surface area (Å²) in [6, 6.07) is 14.4. The molecule has 1 aliphatic rings. The Hall–Kier alpha value is -2.58. The zero-order valence-corrected chi connectivity index (χ0v) is 16.1. The molecule has 0 amide bonds. The van der Waals surface area contributed by atoms with Gasteiger partial charge < -0.3 is 0 Å². The van der Waals surface area contributed by atoms with E-state index in [1.165, 1.54) is 28.6 Å². The predicted octanol–water partition coefficient (Wildman–Crippen LogP) is 3.38. The molecule has 0 unspecified atom stereocenters. The molecule has 28 heavy (non-hydrogen) atoms. The third-order valence-electron chi connectivity index (χ3n) is 4.91. The Morgan fingerprint density at radius 2 is 1.79 bits per heavy atom. The highest BCUT2D eigenvalue weighted by molar-refractivity contribution is 7.89. The third kappa shape index (κ3) is 3.83. The average Bonchev–Trinajstić information content (AvgIpc) is 3.17. The van der Waals surface area contributed by atoms with E-state index in [4.69, 9.17) is 0 Å². The Balaban J connectivity index is 1.60. The van der Waals surface area contributed by atoms with E-state index < -0.39 is 21.9 Å². The fourth-order valence-corrected chi connectivity index (χ4v) is 5.16. The average molecular weight is 400 g/mol. The Bertz CT molecular complexity index is 1040. The van der Waals surface area contributed by atoms with Crippen molar-refractivity contribution in [3.8, 4) is 0 Å². The molecular weight excluding hydrogens is 379 g/mol. The topological polar surface area (TPSA) is 68.1 Å². The number of hydrogen-bond donors (Lipinski definition) is 0.